The van der Waals surface area contributed by atoms with Crippen LogP contribution in [-0.4, -0.2) is 52.7 Å². The number of aliphatic hydroxyl groups excluding tert-OH is 1. The summed E-state index contributed by atoms with van der Waals surface area (Å²) in [7, 11) is 0. The molecule has 4 aliphatic heterocycles. The third-order valence-corrected chi connectivity index (χ3v) is 9.70. The summed E-state index contributed by atoms with van der Waals surface area (Å²) in [5.41, 5.74) is 2.47. The molecule has 0 amide bonds. The molecule has 0 aromatic heterocycles. The quantitative estimate of drug-likeness (QED) is 0.248. The van der Waals surface area contributed by atoms with E-state index in [1.54, 1.807) is 6.92 Å². The van der Waals surface area contributed by atoms with Gasteiger partial charge in [-0.3, -0.25) is 9.59 Å². The Labute approximate surface area is 233 Å². The summed E-state index contributed by atoms with van der Waals surface area (Å²) in [4.78, 5) is 27.1. The summed E-state index contributed by atoms with van der Waals surface area (Å²) in [6.07, 6.45) is 3.42. The van der Waals surface area contributed by atoms with Crippen LogP contribution in [0.5, 0.6) is 0 Å². The molecule has 39 heavy (non-hydrogen) atoms. The highest BCUT2D eigenvalue weighted by Gasteiger charge is 2.67. The Morgan fingerprint density at radius 2 is 1.64 bits per heavy atom. The van der Waals surface area contributed by atoms with Gasteiger partial charge in [-0.2, -0.15) is 0 Å². The largest absolute Gasteiger partial charge is 0.458 e. The second kappa shape index (κ2) is 9.93. The summed E-state index contributed by atoms with van der Waals surface area (Å²) in [6, 6.07) is 0. The molecule has 7 nitrogen and oxygen atoms in total. The molecule has 1 aliphatic carbocycles. The molecule has 0 saturated carbocycles. The molecule has 0 spiro atoms. The van der Waals surface area contributed by atoms with Crippen molar-refractivity contribution in [3.05, 3.63) is 34.1 Å². The molecule has 3 saturated heterocycles. The molecule has 1 N–H and O–H groups in total. The van der Waals surface area contributed by atoms with E-state index in [4.69, 9.17) is 18.9 Å². The van der Waals surface area contributed by atoms with Crippen molar-refractivity contribution >= 4 is 11.6 Å². The third kappa shape index (κ3) is 4.67. The van der Waals surface area contributed by atoms with Gasteiger partial charge >= 0.3 is 0 Å². The number of ether oxygens (including phenoxy) is 4. The van der Waals surface area contributed by atoms with E-state index < -0.39 is 47.4 Å². The molecule has 7 heteroatoms. The molecule has 0 aromatic carbocycles. The van der Waals surface area contributed by atoms with Crippen LogP contribution >= 0.6 is 0 Å². The van der Waals surface area contributed by atoms with Crippen molar-refractivity contribution in [2.45, 2.75) is 124 Å². The Kier molecular flexibility index (Phi) is 7.31. The van der Waals surface area contributed by atoms with Crippen molar-refractivity contribution in [2.24, 2.45) is 29.6 Å². The van der Waals surface area contributed by atoms with E-state index >= 15 is 0 Å². The fraction of sp³-hybridized carbons (Fsp3) is 0.750. The summed E-state index contributed by atoms with van der Waals surface area (Å²) < 4.78 is 26.5. The molecule has 5 aliphatic rings. The Hall–Kier alpha value is -1.80. The smallest absolute Gasteiger partial charge is 0.246 e. The minimum atomic E-state index is -1.18. The normalized spacial score (nSPS) is 46.1. The second-order valence-electron chi connectivity index (χ2n) is 13.6. The van der Waals surface area contributed by atoms with Gasteiger partial charge in [0.2, 0.25) is 17.4 Å². The number of carbonyl (C=O) groups excluding carboxylic acids is 2. The van der Waals surface area contributed by atoms with Gasteiger partial charge in [-0.25, -0.2) is 0 Å². The summed E-state index contributed by atoms with van der Waals surface area (Å²) in [5.74, 6) is -2.79. The van der Waals surface area contributed by atoms with E-state index in [0.29, 0.717) is 23.2 Å². The van der Waals surface area contributed by atoms with Crippen molar-refractivity contribution in [1.82, 2.24) is 0 Å². The second-order valence-corrected chi connectivity index (χ2v) is 13.6. The Morgan fingerprint density at radius 1 is 0.949 bits per heavy atom. The van der Waals surface area contributed by atoms with Gasteiger partial charge in [-0.15, -0.1) is 0 Å². The minimum Gasteiger partial charge on any atom is -0.458 e. The maximum absolute atomic E-state index is 13.8. The fourth-order valence-electron chi connectivity index (χ4n) is 7.74. The number of carbonyl (C=O) groups is 2. The van der Waals surface area contributed by atoms with Crippen molar-refractivity contribution in [2.75, 3.05) is 0 Å². The number of aliphatic hydroxyl groups is 1. The molecule has 0 aromatic rings. The monoisotopic (exact) mass is 542 g/mol. The number of ketones is 2. The van der Waals surface area contributed by atoms with E-state index in [1.165, 1.54) is 5.57 Å². The first-order chi connectivity index (χ1) is 18.2. The Bertz CT molecular complexity index is 1150. The number of Topliss-reactive ketones (excluding diaryl/α,β-unsaturated/α-hetero) is 2. The van der Waals surface area contributed by atoms with Gasteiger partial charge in [0.25, 0.3) is 0 Å². The van der Waals surface area contributed by atoms with Crippen molar-refractivity contribution < 1.29 is 33.6 Å². The fourth-order valence-corrected chi connectivity index (χ4v) is 7.74. The minimum absolute atomic E-state index is 0.0923. The van der Waals surface area contributed by atoms with Gasteiger partial charge in [0.1, 0.15) is 5.76 Å². The van der Waals surface area contributed by atoms with Crippen LogP contribution in [0.15, 0.2) is 34.1 Å². The van der Waals surface area contributed by atoms with Crippen LogP contribution in [0.3, 0.4) is 0 Å². The molecule has 4 bridgehead atoms. The summed E-state index contributed by atoms with van der Waals surface area (Å²) in [6.45, 7) is 18.0. The standard InChI is InChI=1S/C32H46O7/c1-15-10-11-22-19(5)25(33)20(6)28(36-22)23-24-29(21(7)26(34)27(23)35)37-32(30(24)38-31(8,9)39-32)18(4)14-17(3)13-16(2)12-15/h12,15,17-20,22,25,28,30,33H,10-11,13-14H2,1-9H3/b16-12-/t15-,17+,18-,19-,20+,22+,25-,28+,30+,32+/m0/s1. The van der Waals surface area contributed by atoms with Crippen LogP contribution in [-0.2, 0) is 28.5 Å². The van der Waals surface area contributed by atoms with Crippen LogP contribution in [0.4, 0.5) is 0 Å². The van der Waals surface area contributed by atoms with Crippen molar-refractivity contribution in [1.29, 1.82) is 0 Å². The number of hydrogen-bond donors (Lipinski definition) is 1. The molecule has 4 heterocycles. The average Bonchev–Trinajstić information content (AvgIpc) is 3.29. The van der Waals surface area contributed by atoms with Crippen LogP contribution in [0.2, 0.25) is 0 Å². The Morgan fingerprint density at radius 3 is 2.33 bits per heavy atom. The van der Waals surface area contributed by atoms with E-state index in [2.05, 4.69) is 33.8 Å². The maximum Gasteiger partial charge on any atom is 0.246 e. The van der Waals surface area contributed by atoms with Crippen molar-refractivity contribution in [3.8, 4) is 0 Å². The lowest BCUT2D eigenvalue weighted by Gasteiger charge is -2.44. The lowest BCUT2D eigenvalue weighted by molar-refractivity contribution is -0.256. The zero-order valence-electron chi connectivity index (χ0n) is 25.0. The highest BCUT2D eigenvalue weighted by molar-refractivity contribution is 6.50. The molecule has 216 valence electrons. The first kappa shape index (κ1) is 28.7. The van der Waals surface area contributed by atoms with Crippen LogP contribution in [0, 0.1) is 29.6 Å². The van der Waals surface area contributed by atoms with E-state index in [0.717, 1.165) is 25.7 Å². The first-order valence-electron chi connectivity index (χ1n) is 14.8. The van der Waals surface area contributed by atoms with Crippen molar-refractivity contribution in [3.63, 3.8) is 0 Å². The lowest BCUT2D eigenvalue weighted by Crippen LogP contribution is -2.52. The van der Waals surface area contributed by atoms with Crippen LogP contribution < -0.4 is 0 Å². The lowest BCUT2D eigenvalue weighted by atomic mass is 9.73. The van der Waals surface area contributed by atoms with E-state index in [9.17, 15) is 14.7 Å². The number of rotatable bonds is 0. The summed E-state index contributed by atoms with van der Waals surface area (Å²) in [5, 5.41) is 11.3. The van der Waals surface area contributed by atoms with Gasteiger partial charge in [-0.05, 0) is 65.2 Å². The van der Waals surface area contributed by atoms with E-state index in [-0.39, 0.29) is 29.1 Å². The molecular weight excluding hydrogens is 496 g/mol. The molecule has 0 unspecified atom stereocenters. The number of fused-ring (bicyclic) bond motifs is 3. The molecule has 5 rings (SSSR count). The van der Waals surface area contributed by atoms with Gasteiger partial charge in [0.15, 0.2) is 11.9 Å². The van der Waals surface area contributed by atoms with E-state index in [1.807, 2.05) is 27.7 Å². The topological polar surface area (TPSA) is 91.3 Å². The number of allylic oxidation sites excluding steroid dienone is 3. The third-order valence-electron chi connectivity index (χ3n) is 9.70. The molecular formula is C32H46O7. The van der Waals surface area contributed by atoms with Crippen LogP contribution in [0.25, 0.3) is 0 Å². The summed E-state index contributed by atoms with van der Waals surface area (Å²) >= 11 is 0. The predicted octanol–water partition coefficient (Wildman–Crippen LogP) is 5.42. The molecule has 0 radical (unpaired) electrons. The zero-order valence-corrected chi connectivity index (χ0v) is 25.0. The Balaban J connectivity index is 1.71. The maximum atomic E-state index is 13.8. The van der Waals surface area contributed by atoms with Gasteiger partial charge < -0.3 is 24.1 Å². The molecule has 10 atom stereocenters. The molecule has 3 fully saturated rings. The average molecular weight is 543 g/mol. The zero-order chi connectivity index (χ0) is 28.6. The SMILES string of the molecule is CC1=C2O[C@]34OC(C)(C)O[C@@H]3C2=C(C(=O)C1=O)[C@@H]1O[C@H](CC[C@H](C)/C=C(/C)C[C@@H](C)C[C@@H]4C)[C@H](C)[C@H](O)[C@H]1C. The highest BCUT2D eigenvalue weighted by atomic mass is 16.8. The highest BCUT2D eigenvalue weighted by Crippen LogP contribution is 2.57. The van der Waals surface area contributed by atoms with Gasteiger partial charge in [-0.1, -0.05) is 46.3 Å². The van der Waals surface area contributed by atoms with Gasteiger partial charge in [0, 0.05) is 34.5 Å². The number of hydrogen-bond acceptors (Lipinski definition) is 7. The van der Waals surface area contributed by atoms with Crippen LogP contribution in [0.1, 0.15) is 88.0 Å². The predicted molar refractivity (Wildman–Crippen MR) is 146 cm³/mol. The first-order valence-corrected chi connectivity index (χ1v) is 14.8. The van der Waals surface area contributed by atoms with Gasteiger partial charge in [0.05, 0.1) is 18.3 Å².